The fraction of sp³-hybridized carbons (Fsp3) is 0.467. The number of nitrogens with one attached hydrogen (secondary N) is 2. The Bertz CT molecular complexity index is 551. The van der Waals surface area contributed by atoms with Crippen LogP contribution in [0.3, 0.4) is 0 Å². The number of amides is 2. The van der Waals surface area contributed by atoms with Gasteiger partial charge in [0.2, 0.25) is 0 Å². The molecule has 1 heterocycles. The fourth-order valence-corrected chi connectivity index (χ4v) is 2.86. The van der Waals surface area contributed by atoms with E-state index >= 15 is 0 Å². The van der Waals surface area contributed by atoms with E-state index < -0.39 is 5.54 Å². The minimum absolute atomic E-state index is 0.131. The second-order valence-electron chi connectivity index (χ2n) is 5.71. The highest BCUT2D eigenvalue weighted by Crippen LogP contribution is 2.37. The molecule has 0 aromatic heterocycles. The smallest absolute Gasteiger partial charge is 0.323 e. The van der Waals surface area contributed by atoms with Crippen LogP contribution >= 0.6 is 0 Å². The summed E-state index contributed by atoms with van der Waals surface area (Å²) in [6.07, 6.45) is 2.73. The second-order valence-corrected chi connectivity index (χ2v) is 5.71. The highest BCUT2D eigenvalue weighted by atomic mass is 16.5. The highest BCUT2D eigenvalue weighted by Gasteiger charge is 2.52. The molecular weight excluding hydrogens is 254 g/mol. The molecule has 1 aromatic rings. The molecule has 0 radical (unpaired) electrons. The van der Waals surface area contributed by atoms with Crippen LogP contribution in [0.1, 0.15) is 25.3 Å². The third-order valence-electron chi connectivity index (χ3n) is 4.14. The van der Waals surface area contributed by atoms with Crippen LogP contribution in [0.15, 0.2) is 24.3 Å². The number of benzene rings is 1. The van der Waals surface area contributed by atoms with Gasteiger partial charge in [0.1, 0.15) is 17.1 Å². The Hall–Kier alpha value is -2.04. The number of methoxy groups -OCH3 is 1. The normalized spacial score (nSPS) is 25.8. The van der Waals surface area contributed by atoms with Crippen molar-refractivity contribution in [1.82, 2.24) is 10.2 Å². The minimum atomic E-state index is -0.563. The van der Waals surface area contributed by atoms with Crippen LogP contribution in [0.25, 0.3) is 0 Å². The first-order valence-electron chi connectivity index (χ1n) is 6.87. The van der Waals surface area contributed by atoms with Crippen LogP contribution in [0.2, 0.25) is 0 Å². The van der Waals surface area contributed by atoms with Crippen LogP contribution in [0.4, 0.5) is 4.79 Å². The third kappa shape index (κ3) is 2.03. The number of rotatable bonds is 4. The van der Waals surface area contributed by atoms with E-state index in [9.17, 15) is 4.79 Å². The van der Waals surface area contributed by atoms with Crippen molar-refractivity contribution < 1.29 is 9.53 Å². The zero-order valence-corrected chi connectivity index (χ0v) is 11.8. The van der Waals surface area contributed by atoms with Gasteiger partial charge in [-0.05, 0) is 37.5 Å². The van der Waals surface area contributed by atoms with Crippen molar-refractivity contribution in [2.75, 3.05) is 7.11 Å². The summed E-state index contributed by atoms with van der Waals surface area (Å²) < 4.78 is 5.15. The van der Waals surface area contributed by atoms with Gasteiger partial charge < -0.3 is 9.64 Å². The van der Waals surface area contributed by atoms with Crippen molar-refractivity contribution in [1.29, 1.82) is 5.41 Å². The summed E-state index contributed by atoms with van der Waals surface area (Å²) in [7, 11) is 1.64. The molecular formula is C15H19N3O2. The molecule has 5 nitrogen and oxygen atoms in total. The standard InChI is InChI=1S/C15H19N3O2/c1-15(9-10-3-7-12(20-2)8-4-10)13(16)17-14(19)18(15)11-5-6-11/h3-4,7-8,11H,5-6,9H2,1-2H3,(H2,16,17,19). The molecule has 20 heavy (non-hydrogen) atoms. The van der Waals surface area contributed by atoms with E-state index in [0.717, 1.165) is 24.2 Å². The predicted octanol–water partition coefficient (Wildman–Crippen LogP) is 2.16. The Labute approximate surface area is 118 Å². The maximum Gasteiger partial charge on any atom is 0.323 e. The molecule has 0 spiro atoms. The van der Waals surface area contributed by atoms with Crippen LogP contribution in [-0.4, -0.2) is 35.5 Å². The summed E-state index contributed by atoms with van der Waals surface area (Å²) in [5.41, 5.74) is 0.535. The SMILES string of the molecule is COc1ccc(CC2(C)C(=N)NC(=O)N2C2CC2)cc1. The zero-order chi connectivity index (χ0) is 14.3. The van der Waals surface area contributed by atoms with Gasteiger partial charge in [0.05, 0.1) is 7.11 Å². The quantitative estimate of drug-likeness (QED) is 0.883. The molecule has 2 N–H and O–H groups in total. The molecule has 1 aliphatic carbocycles. The van der Waals surface area contributed by atoms with Crippen LogP contribution < -0.4 is 10.1 Å². The lowest BCUT2D eigenvalue weighted by atomic mass is 9.91. The molecule has 1 saturated heterocycles. The molecule has 2 amide bonds. The predicted molar refractivity (Wildman–Crippen MR) is 76.2 cm³/mol. The lowest BCUT2D eigenvalue weighted by Crippen LogP contribution is -2.49. The van der Waals surface area contributed by atoms with Crippen molar-refractivity contribution in [3.63, 3.8) is 0 Å². The second kappa shape index (κ2) is 4.51. The zero-order valence-electron chi connectivity index (χ0n) is 11.8. The monoisotopic (exact) mass is 273 g/mol. The number of amidine groups is 1. The van der Waals surface area contributed by atoms with Gasteiger partial charge in [-0.25, -0.2) is 4.79 Å². The van der Waals surface area contributed by atoms with E-state index in [4.69, 9.17) is 10.1 Å². The number of carbonyl (C=O) groups excluding carboxylic acids is 1. The summed E-state index contributed by atoms with van der Waals surface area (Å²) in [6.45, 7) is 1.97. The van der Waals surface area contributed by atoms with Crippen molar-refractivity contribution in [3.05, 3.63) is 29.8 Å². The molecule has 1 aliphatic heterocycles. The lowest BCUT2D eigenvalue weighted by molar-refractivity contribution is 0.174. The van der Waals surface area contributed by atoms with Gasteiger partial charge in [-0.1, -0.05) is 12.1 Å². The fourth-order valence-electron chi connectivity index (χ4n) is 2.86. The maximum absolute atomic E-state index is 12.0. The first-order valence-corrected chi connectivity index (χ1v) is 6.87. The van der Waals surface area contributed by atoms with Crippen LogP contribution in [0.5, 0.6) is 5.75 Å². The summed E-state index contributed by atoms with van der Waals surface area (Å²) >= 11 is 0. The van der Waals surface area contributed by atoms with E-state index in [1.807, 2.05) is 36.1 Å². The van der Waals surface area contributed by atoms with E-state index in [-0.39, 0.29) is 6.03 Å². The van der Waals surface area contributed by atoms with Gasteiger partial charge in [0, 0.05) is 12.5 Å². The average Bonchev–Trinajstić information content (AvgIpc) is 3.20. The van der Waals surface area contributed by atoms with Crippen LogP contribution in [0, 0.1) is 5.41 Å². The minimum Gasteiger partial charge on any atom is -0.497 e. The number of nitrogens with zero attached hydrogens (tertiary/aromatic N) is 1. The number of urea groups is 1. The van der Waals surface area contributed by atoms with Crippen molar-refractivity contribution in [3.8, 4) is 5.75 Å². The Morgan fingerprint density at radius 1 is 1.40 bits per heavy atom. The average molecular weight is 273 g/mol. The summed E-state index contributed by atoms with van der Waals surface area (Å²) in [5, 5.41) is 10.8. The molecule has 1 atom stereocenters. The van der Waals surface area contributed by atoms with Crippen molar-refractivity contribution >= 4 is 11.9 Å². The first kappa shape index (κ1) is 13.0. The highest BCUT2D eigenvalue weighted by molar-refractivity contribution is 6.08. The van der Waals surface area contributed by atoms with E-state index in [1.165, 1.54) is 0 Å². The van der Waals surface area contributed by atoms with E-state index in [2.05, 4.69) is 5.32 Å². The molecule has 3 rings (SSSR count). The van der Waals surface area contributed by atoms with Crippen molar-refractivity contribution in [2.24, 2.45) is 0 Å². The van der Waals surface area contributed by atoms with Gasteiger partial charge in [0.15, 0.2) is 0 Å². The molecule has 5 heteroatoms. The summed E-state index contributed by atoms with van der Waals surface area (Å²) in [6, 6.07) is 7.97. The van der Waals surface area contributed by atoms with E-state index in [1.54, 1.807) is 7.11 Å². The Balaban J connectivity index is 1.85. The lowest BCUT2D eigenvalue weighted by Gasteiger charge is -2.33. The number of hydrogen-bond donors (Lipinski definition) is 2. The Morgan fingerprint density at radius 3 is 2.60 bits per heavy atom. The summed E-state index contributed by atoms with van der Waals surface area (Å²) in [4.78, 5) is 13.9. The molecule has 0 bridgehead atoms. The maximum atomic E-state index is 12.0. The van der Waals surface area contributed by atoms with Gasteiger partial charge >= 0.3 is 6.03 Å². The largest absolute Gasteiger partial charge is 0.497 e. The Morgan fingerprint density at radius 2 is 2.05 bits per heavy atom. The number of ether oxygens (including phenoxy) is 1. The molecule has 1 unspecified atom stereocenters. The van der Waals surface area contributed by atoms with Gasteiger partial charge in [-0.3, -0.25) is 10.7 Å². The molecule has 2 aliphatic rings. The summed E-state index contributed by atoms with van der Waals surface area (Å²) in [5.74, 6) is 1.11. The van der Waals surface area contributed by atoms with Crippen LogP contribution in [-0.2, 0) is 6.42 Å². The molecule has 106 valence electrons. The van der Waals surface area contributed by atoms with Gasteiger partial charge in [0.25, 0.3) is 0 Å². The first-order chi connectivity index (χ1) is 9.54. The topological polar surface area (TPSA) is 65.4 Å². The molecule has 1 aromatic carbocycles. The van der Waals surface area contributed by atoms with Crippen molar-refractivity contribution in [2.45, 2.75) is 37.8 Å². The third-order valence-corrected chi connectivity index (χ3v) is 4.14. The van der Waals surface area contributed by atoms with Gasteiger partial charge in [-0.2, -0.15) is 0 Å². The van der Waals surface area contributed by atoms with Gasteiger partial charge in [-0.15, -0.1) is 0 Å². The Kier molecular flexibility index (Phi) is 2.92. The number of hydrogen-bond acceptors (Lipinski definition) is 3. The number of carbonyl (C=O) groups is 1. The molecule has 1 saturated carbocycles. The van der Waals surface area contributed by atoms with E-state index in [0.29, 0.717) is 18.3 Å². The molecule has 2 fully saturated rings.